The molecule has 2 unspecified atom stereocenters. The summed E-state index contributed by atoms with van der Waals surface area (Å²) >= 11 is 0. The minimum atomic E-state index is -0.399. The predicted molar refractivity (Wildman–Crippen MR) is 80.0 cm³/mol. The molecule has 1 aromatic carbocycles. The molecule has 1 saturated carbocycles. The summed E-state index contributed by atoms with van der Waals surface area (Å²) in [6.45, 7) is 4.53. The van der Waals surface area contributed by atoms with Gasteiger partial charge in [0.25, 0.3) is 0 Å². The lowest BCUT2D eigenvalue weighted by Crippen LogP contribution is -2.57. The number of fused-ring (bicyclic) bond motifs is 1. The molecule has 5 heteroatoms. The fourth-order valence-electron chi connectivity index (χ4n) is 3.70. The maximum Gasteiger partial charge on any atom is 0.141 e. The van der Waals surface area contributed by atoms with Crippen LogP contribution in [0.25, 0.3) is 0 Å². The summed E-state index contributed by atoms with van der Waals surface area (Å²) in [6, 6.07) is 5.76. The lowest BCUT2D eigenvalue weighted by Gasteiger charge is -2.43. The first-order chi connectivity index (χ1) is 10.8. The summed E-state index contributed by atoms with van der Waals surface area (Å²) in [6.07, 6.45) is 2.06. The molecule has 2 atom stereocenters. The topological polar surface area (TPSA) is 48.3 Å². The molecule has 0 aromatic heterocycles. The van der Waals surface area contributed by atoms with Crippen LogP contribution in [-0.2, 0) is 4.74 Å². The van der Waals surface area contributed by atoms with Crippen molar-refractivity contribution in [3.05, 3.63) is 34.6 Å². The van der Waals surface area contributed by atoms with Crippen molar-refractivity contribution < 1.29 is 9.13 Å². The van der Waals surface area contributed by atoms with E-state index in [2.05, 4.69) is 16.3 Å². The lowest BCUT2D eigenvalue weighted by molar-refractivity contribution is -0.0721. The zero-order chi connectivity index (χ0) is 15.1. The van der Waals surface area contributed by atoms with E-state index < -0.39 is 5.82 Å². The molecule has 1 N–H and O–H groups in total. The van der Waals surface area contributed by atoms with Gasteiger partial charge >= 0.3 is 0 Å². The van der Waals surface area contributed by atoms with Crippen molar-refractivity contribution in [1.82, 2.24) is 10.2 Å². The number of piperazine rings is 1. The fraction of sp³-hybridized carbons (Fsp3) is 0.588. The number of nitriles is 1. The van der Waals surface area contributed by atoms with Gasteiger partial charge in [-0.1, -0.05) is 6.07 Å². The second kappa shape index (κ2) is 5.62. The van der Waals surface area contributed by atoms with Gasteiger partial charge in [0.2, 0.25) is 0 Å². The Balaban J connectivity index is 1.66. The molecule has 0 spiro atoms. The summed E-state index contributed by atoms with van der Waals surface area (Å²) in [4.78, 5) is 2.46. The van der Waals surface area contributed by atoms with Crippen LogP contribution < -0.4 is 5.32 Å². The number of nitrogens with zero attached hydrogens (tertiary/aromatic N) is 2. The molecule has 4 rings (SSSR count). The predicted octanol–water partition coefficient (Wildman–Crippen LogP) is 1.92. The van der Waals surface area contributed by atoms with Gasteiger partial charge in [0, 0.05) is 32.2 Å². The highest BCUT2D eigenvalue weighted by Crippen LogP contribution is 2.46. The van der Waals surface area contributed by atoms with Crippen molar-refractivity contribution >= 4 is 0 Å². The van der Waals surface area contributed by atoms with Crippen LogP contribution in [0, 0.1) is 17.1 Å². The van der Waals surface area contributed by atoms with Crippen molar-refractivity contribution in [1.29, 1.82) is 5.26 Å². The summed E-state index contributed by atoms with van der Waals surface area (Å²) < 4.78 is 20.1. The van der Waals surface area contributed by atoms with Crippen molar-refractivity contribution in [2.45, 2.75) is 30.9 Å². The zero-order valence-corrected chi connectivity index (χ0v) is 12.5. The Kier molecular flexibility index (Phi) is 3.61. The van der Waals surface area contributed by atoms with E-state index in [4.69, 9.17) is 4.74 Å². The van der Waals surface area contributed by atoms with Crippen LogP contribution in [0.5, 0.6) is 0 Å². The zero-order valence-electron chi connectivity index (χ0n) is 12.5. The Morgan fingerprint density at radius 1 is 1.36 bits per heavy atom. The highest BCUT2D eigenvalue weighted by molar-refractivity contribution is 5.49. The molecule has 116 valence electrons. The van der Waals surface area contributed by atoms with Crippen LogP contribution in [0.1, 0.15) is 41.6 Å². The summed E-state index contributed by atoms with van der Waals surface area (Å²) in [5.41, 5.74) is 2.16. The molecule has 0 amide bonds. The van der Waals surface area contributed by atoms with E-state index >= 15 is 0 Å². The molecule has 0 bridgehead atoms. The third-order valence-electron chi connectivity index (χ3n) is 5.03. The quantitative estimate of drug-likeness (QED) is 0.906. The standard InChI is InChI=1S/C17H20FN3O/c18-15-4-3-13(17(11-1-2-11)14(15)7-19)16-9-21-6-5-20-8-12(21)10-22-16/h3-4,11-12,16,20H,1-2,5-6,8-10H2. The number of halogens is 1. The fourth-order valence-corrected chi connectivity index (χ4v) is 3.70. The smallest absolute Gasteiger partial charge is 0.141 e. The van der Waals surface area contributed by atoms with Crippen LogP contribution in [0.2, 0.25) is 0 Å². The van der Waals surface area contributed by atoms with Crippen LogP contribution in [-0.4, -0.2) is 43.7 Å². The van der Waals surface area contributed by atoms with E-state index in [9.17, 15) is 9.65 Å². The van der Waals surface area contributed by atoms with Gasteiger partial charge < -0.3 is 10.1 Å². The summed E-state index contributed by atoms with van der Waals surface area (Å²) in [5.74, 6) is -0.0614. The first-order valence-corrected chi connectivity index (χ1v) is 8.06. The third-order valence-corrected chi connectivity index (χ3v) is 5.03. The van der Waals surface area contributed by atoms with Gasteiger partial charge in [-0.05, 0) is 36.0 Å². The number of hydrogen-bond donors (Lipinski definition) is 1. The first-order valence-electron chi connectivity index (χ1n) is 8.06. The van der Waals surface area contributed by atoms with E-state index in [-0.39, 0.29) is 11.7 Å². The number of rotatable bonds is 2. The van der Waals surface area contributed by atoms with E-state index in [1.807, 2.05) is 6.07 Å². The van der Waals surface area contributed by atoms with Crippen molar-refractivity contribution in [3.63, 3.8) is 0 Å². The van der Waals surface area contributed by atoms with E-state index in [1.54, 1.807) is 0 Å². The molecule has 3 aliphatic rings. The highest BCUT2D eigenvalue weighted by Gasteiger charge is 2.36. The van der Waals surface area contributed by atoms with Gasteiger partial charge in [-0.2, -0.15) is 5.26 Å². The molecule has 4 nitrogen and oxygen atoms in total. The first kappa shape index (κ1) is 14.1. The highest BCUT2D eigenvalue weighted by atomic mass is 19.1. The van der Waals surface area contributed by atoms with Crippen LogP contribution in [0.15, 0.2) is 12.1 Å². The minimum Gasteiger partial charge on any atom is -0.370 e. The molecular weight excluding hydrogens is 281 g/mol. The summed E-state index contributed by atoms with van der Waals surface area (Å²) in [7, 11) is 0. The van der Waals surface area contributed by atoms with Crippen molar-refractivity contribution in [2.24, 2.45) is 0 Å². The Morgan fingerprint density at radius 3 is 3.00 bits per heavy atom. The number of ether oxygens (including phenoxy) is 1. The average molecular weight is 301 g/mol. The average Bonchev–Trinajstić information content (AvgIpc) is 3.39. The lowest BCUT2D eigenvalue weighted by atomic mass is 9.92. The monoisotopic (exact) mass is 301 g/mol. The van der Waals surface area contributed by atoms with E-state index in [1.165, 1.54) is 6.07 Å². The normalized spacial score (nSPS) is 28.9. The molecular formula is C17H20FN3O. The van der Waals surface area contributed by atoms with Crippen LogP contribution >= 0.6 is 0 Å². The molecule has 3 fully saturated rings. The molecule has 0 radical (unpaired) electrons. The SMILES string of the molecule is N#Cc1c(F)ccc(C2CN3CCNCC3CO2)c1C1CC1. The summed E-state index contributed by atoms with van der Waals surface area (Å²) in [5, 5.41) is 12.7. The Hall–Kier alpha value is -1.48. The second-order valence-corrected chi connectivity index (χ2v) is 6.49. The third kappa shape index (κ3) is 2.41. The Bertz CT molecular complexity index is 623. The largest absolute Gasteiger partial charge is 0.370 e. The van der Waals surface area contributed by atoms with Gasteiger partial charge in [-0.15, -0.1) is 0 Å². The van der Waals surface area contributed by atoms with E-state index in [0.717, 1.165) is 50.1 Å². The van der Waals surface area contributed by atoms with Gasteiger partial charge in [-0.25, -0.2) is 4.39 Å². The van der Waals surface area contributed by atoms with Gasteiger partial charge in [-0.3, -0.25) is 4.90 Å². The van der Waals surface area contributed by atoms with Crippen LogP contribution in [0.3, 0.4) is 0 Å². The van der Waals surface area contributed by atoms with Crippen molar-refractivity contribution in [2.75, 3.05) is 32.8 Å². The van der Waals surface area contributed by atoms with Crippen LogP contribution in [0.4, 0.5) is 4.39 Å². The molecule has 1 aliphatic carbocycles. The maximum absolute atomic E-state index is 14.0. The molecule has 2 aliphatic heterocycles. The molecule has 1 aromatic rings. The molecule has 2 saturated heterocycles. The Labute approximate surface area is 129 Å². The molecule has 22 heavy (non-hydrogen) atoms. The molecule has 2 heterocycles. The Morgan fingerprint density at radius 2 is 2.23 bits per heavy atom. The maximum atomic E-state index is 14.0. The number of morpholine rings is 1. The minimum absolute atomic E-state index is 0.0438. The number of benzene rings is 1. The number of nitrogens with one attached hydrogen (secondary N) is 1. The van der Waals surface area contributed by atoms with Crippen molar-refractivity contribution in [3.8, 4) is 6.07 Å². The van der Waals surface area contributed by atoms with Gasteiger partial charge in [0.1, 0.15) is 11.9 Å². The number of hydrogen-bond acceptors (Lipinski definition) is 4. The van der Waals surface area contributed by atoms with Gasteiger partial charge in [0.15, 0.2) is 0 Å². The second-order valence-electron chi connectivity index (χ2n) is 6.49. The van der Waals surface area contributed by atoms with E-state index in [0.29, 0.717) is 18.6 Å². The van der Waals surface area contributed by atoms with Gasteiger partial charge in [0.05, 0.1) is 18.3 Å².